The van der Waals surface area contributed by atoms with E-state index < -0.39 is 43.9 Å². The summed E-state index contributed by atoms with van der Waals surface area (Å²) in [5, 5.41) is 0. The molecule has 0 aromatic carbocycles. The third-order valence-electron chi connectivity index (χ3n) is 1.90. The molecule has 0 aliphatic heterocycles. The molecule has 178 valence electrons. The lowest BCUT2D eigenvalue weighted by Gasteiger charge is -2.37. The van der Waals surface area contributed by atoms with Crippen LogP contribution in [0.1, 0.15) is 0 Å². The van der Waals surface area contributed by atoms with Crippen molar-refractivity contribution < 1.29 is 80.7 Å². The van der Waals surface area contributed by atoms with Gasteiger partial charge in [-0.15, -0.1) is 0 Å². The molecule has 7 nitrogen and oxygen atoms in total. The van der Waals surface area contributed by atoms with Gasteiger partial charge in [-0.05, 0) is 0 Å². The summed E-state index contributed by atoms with van der Waals surface area (Å²) in [6, 6.07) is 0. The van der Waals surface area contributed by atoms with Crippen LogP contribution in [0.15, 0.2) is 0 Å². The molecule has 0 spiro atoms. The van der Waals surface area contributed by atoms with Crippen molar-refractivity contribution in [2.45, 2.75) is 36.0 Å². The lowest BCUT2D eigenvalue weighted by Crippen LogP contribution is -2.69. The predicted molar refractivity (Wildman–Crippen MR) is 61.2 cm³/mol. The van der Waals surface area contributed by atoms with Gasteiger partial charge in [-0.1, -0.05) is 0 Å². The van der Waals surface area contributed by atoms with Crippen molar-refractivity contribution in [1.29, 1.82) is 0 Å². The standard InChI is InChI=1S/C6F14.3H3N.H3O4P/c7-1(8,3(11,12)5(15,16)17)2(9,10)4(13,14)6(18,19)20;;;;1-5(2,3)4/h;3*1H3;(H3,1,2,3,4). The zero-order valence-corrected chi connectivity index (χ0v) is 13.5. The zero-order valence-electron chi connectivity index (χ0n) is 12.6. The Morgan fingerprint density at radius 2 is 0.536 bits per heavy atom. The third kappa shape index (κ3) is 7.44. The quantitative estimate of drug-likeness (QED) is 0.255. The third-order valence-corrected chi connectivity index (χ3v) is 1.90. The fourth-order valence-electron chi connectivity index (χ4n) is 0.750. The van der Waals surface area contributed by atoms with Gasteiger partial charge in [0, 0.05) is 0 Å². The van der Waals surface area contributed by atoms with Gasteiger partial charge in [0.2, 0.25) is 0 Å². The molecule has 0 aliphatic rings. The predicted octanol–water partition coefficient (Wildman–Crippen LogP) is 4.21. The van der Waals surface area contributed by atoms with Crippen LogP contribution in [0.5, 0.6) is 0 Å². The first-order valence-corrected chi connectivity index (χ1v) is 6.24. The van der Waals surface area contributed by atoms with E-state index >= 15 is 0 Å². The molecule has 0 aliphatic carbocycles. The van der Waals surface area contributed by atoms with Crippen molar-refractivity contribution >= 4 is 7.82 Å². The zero-order chi connectivity index (χ0) is 21.5. The molecule has 0 rings (SSSR count). The van der Waals surface area contributed by atoms with Crippen molar-refractivity contribution in [3.05, 3.63) is 0 Å². The number of phosphoric acid groups is 1. The first-order chi connectivity index (χ1) is 10.2. The minimum absolute atomic E-state index is 0. The van der Waals surface area contributed by atoms with E-state index in [0.29, 0.717) is 0 Å². The number of alkyl halides is 14. The Morgan fingerprint density at radius 1 is 0.429 bits per heavy atom. The Kier molecular flexibility index (Phi) is 13.0. The average molecular weight is 487 g/mol. The molecule has 0 bridgehead atoms. The fourth-order valence-corrected chi connectivity index (χ4v) is 0.750. The van der Waals surface area contributed by atoms with Crippen LogP contribution in [-0.2, 0) is 4.57 Å². The fraction of sp³-hybridized carbons (Fsp3) is 1.00. The first kappa shape index (κ1) is 37.7. The van der Waals surface area contributed by atoms with Crippen molar-refractivity contribution in [2.24, 2.45) is 0 Å². The van der Waals surface area contributed by atoms with Crippen LogP contribution in [0.4, 0.5) is 61.5 Å². The maximum absolute atomic E-state index is 12.3. The Labute approximate surface area is 144 Å². The maximum atomic E-state index is 12.3. The van der Waals surface area contributed by atoms with E-state index in [9.17, 15) is 61.5 Å². The van der Waals surface area contributed by atoms with Crippen LogP contribution in [0.2, 0.25) is 0 Å². The van der Waals surface area contributed by atoms with Crippen LogP contribution < -0.4 is 18.5 Å². The van der Waals surface area contributed by atoms with E-state index in [1.807, 2.05) is 0 Å². The van der Waals surface area contributed by atoms with Gasteiger partial charge in [0.15, 0.2) is 0 Å². The minimum atomic E-state index is -8.04. The molecule has 0 fully saturated rings. The van der Waals surface area contributed by atoms with Gasteiger partial charge in [0.25, 0.3) is 0 Å². The van der Waals surface area contributed by atoms with Crippen LogP contribution in [0.25, 0.3) is 0 Å². The molecule has 0 aromatic heterocycles. The minimum Gasteiger partial charge on any atom is -0.344 e. The molecule has 0 radical (unpaired) electrons. The summed E-state index contributed by atoms with van der Waals surface area (Å²) >= 11 is 0. The second-order valence-corrected chi connectivity index (χ2v) is 4.83. The molecule has 0 saturated heterocycles. The van der Waals surface area contributed by atoms with Gasteiger partial charge in [-0.3, -0.25) is 0 Å². The molecule has 0 unspecified atom stereocenters. The summed E-state index contributed by atoms with van der Waals surface area (Å²) in [5.74, 6) is -31.7. The van der Waals surface area contributed by atoms with Crippen molar-refractivity contribution in [1.82, 2.24) is 18.5 Å². The molecule has 28 heavy (non-hydrogen) atoms. The van der Waals surface area contributed by atoms with Gasteiger partial charge in [-0.2, -0.15) is 61.5 Å². The Balaban J connectivity index is -0.000000195. The van der Waals surface area contributed by atoms with E-state index in [0.717, 1.165) is 0 Å². The Morgan fingerprint density at radius 3 is 0.607 bits per heavy atom. The highest BCUT2D eigenvalue weighted by Gasteiger charge is 2.91. The summed E-state index contributed by atoms with van der Waals surface area (Å²) in [6.45, 7) is 0. The highest BCUT2D eigenvalue weighted by Crippen LogP contribution is 2.60. The molecule has 0 saturated carbocycles. The van der Waals surface area contributed by atoms with Crippen LogP contribution in [0, 0.1) is 0 Å². The monoisotopic (exact) mass is 487 g/mol. The lowest BCUT2D eigenvalue weighted by molar-refractivity contribution is -0.451. The molecule has 0 atom stereocenters. The molecule has 0 heterocycles. The maximum Gasteiger partial charge on any atom is 0.466 e. The summed E-state index contributed by atoms with van der Waals surface area (Å²) in [5.41, 5.74) is 0. The van der Waals surface area contributed by atoms with E-state index in [1.54, 1.807) is 0 Å². The van der Waals surface area contributed by atoms with E-state index in [-0.39, 0.29) is 18.5 Å². The molecule has 0 aromatic rings. The molecule has 0 amide bonds. The van der Waals surface area contributed by atoms with Crippen LogP contribution in [-0.4, -0.2) is 50.7 Å². The molecular weight excluding hydrogens is 475 g/mol. The first-order valence-electron chi connectivity index (χ1n) is 4.68. The summed E-state index contributed by atoms with van der Waals surface area (Å²) in [7, 11) is -4.64. The van der Waals surface area contributed by atoms with E-state index in [4.69, 9.17) is 19.2 Å². The SMILES string of the molecule is FC(F)(F)C(F)(F)C(F)(F)C(F)(F)C(F)(F)C(F)(F)F.N.N.N.O=P(O)(O)O. The van der Waals surface area contributed by atoms with Crippen molar-refractivity contribution in [3.63, 3.8) is 0 Å². The van der Waals surface area contributed by atoms with Gasteiger partial charge in [0.1, 0.15) is 0 Å². The largest absolute Gasteiger partial charge is 0.466 e. The van der Waals surface area contributed by atoms with Crippen molar-refractivity contribution in [2.75, 3.05) is 0 Å². The Bertz CT molecular complexity index is 470. The molecule has 22 heteroatoms. The van der Waals surface area contributed by atoms with Gasteiger partial charge < -0.3 is 33.1 Å². The summed E-state index contributed by atoms with van der Waals surface area (Å²) < 4.78 is 175. The average Bonchev–Trinajstić information content (AvgIpc) is 2.22. The van der Waals surface area contributed by atoms with E-state index in [2.05, 4.69) is 0 Å². The highest BCUT2D eigenvalue weighted by molar-refractivity contribution is 7.45. The lowest BCUT2D eigenvalue weighted by atomic mass is 9.98. The second kappa shape index (κ2) is 9.67. The van der Waals surface area contributed by atoms with Gasteiger partial charge in [0.05, 0.1) is 0 Å². The Hall–Kier alpha value is -0.990. The number of rotatable bonds is 3. The van der Waals surface area contributed by atoms with Crippen LogP contribution in [0.3, 0.4) is 0 Å². The molecule has 12 N–H and O–H groups in total. The van der Waals surface area contributed by atoms with Gasteiger partial charge >= 0.3 is 43.9 Å². The number of hydrogen-bond donors (Lipinski definition) is 6. The van der Waals surface area contributed by atoms with Gasteiger partial charge in [-0.25, -0.2) is 4.57 Å². The van der Waals surface area contributed by atoms with Crippen LogP contribution >= 0.6 is 7.82 Å². The smallest absolute Gasteiger partial charge is 0.344 e. The number of halogens is 14. The highest BCUT2D eigenvalue weighted by atomic mass is 31.2. The second-order valence-electron chi connectivity index (χ2n) is 3.81. The normalized spacial score (nSPS) is 13.9. The number of hydrogen-bond acceptors (Lipinski definition) is 4. The topological polar surface area (TPSA) is 183 Å². The van der Waals surface area contributed by atoms with Crippen molar-refractivity contribution in [3.8, 4) is 0 Å². The van der Waals surface area contributed by atoms with E-state index in [1.165, 1.54) is 0 Å². The summed E-state index contributed by atoms with van der Waals surface area (Å²) in [6.07, 6.45) is -15.0. The molecular formula is C6H12F14N3O4P. The summed E-state index contributed by atoms with van der Waals surface area (Å²) in [4.78, 5) is 21.6.